The zero-order valence-electron chi connectivity index (χ0n) is 22.3. The van der Waals surface area contributed by atoms with Crippen LogP contribution < -0.4 is 0 Å². The predicted molar refractivity (Wildman–Crippen MR) is 131 cm³/mol. The molecule has 0 aliphatic rings. The number of hydrogen-bond acceptors (Lipinski definition) is 0. The molecule has 0 aliphatic heterocycles. The lowest BCUT2D eigenvalue weighted by molar-refractivity contribution is 0.0307. The summed E-state index contributed by atoms with van der Waals surface area (Å²) in [5.41, 5.74) is 1.37. The average Bonchev–Trinajstić information content (AvgIpc) is 2.61. The molecule has 28 heavy (non-hydrogen) atoms. The minimum atomic E-state index is 0.398. The molecule has 0 saturated heterocycles. The molecule has 0 aromatic heterocycles. The normalized spacial score (nSPS) is 19.0. The van der Waals surface area contributed by atoms with Crippen molar-refractivity contribution >= 4 is 0 Å². The fraction of sp³-hybridized carbons (Fsp3) is 1.00. The highest BCUT2D eigenvalue weighted by molar-refractivity contribution is 4.90. The number of hydrogen-bond donors (Lipinski definition) is 0. The Balaban J connectivity index is 5.64. The minimum absolute atomic E-state index is 0.398. The Bertz CT molecular complexity index is 406. The van der Waals surface area contributed by atoms with Crippen molar-refractivity contribution in [2.75, 3.05) is 0 Å². The lowest BCUT2D eigenvalue weighted by atomic mass is 9.59. The summed E-state index contributed by atoms with van der Waals surface area (Å²) in [5.74, 6) is 4.04. The van der Waals surface area contributed by atoms with Crippen molar-refractivity contribution in [1.82, 2.24) is 0 Å². The third-order valence-electron chi connectivity index (χ3n) is 9.25. The third-order valence-corrected chi connectivity index (χ3v) is 9.25. The van der Waals surface area contributed by atoms with Gasteiger partial charge in [0.05, 0.1) is 0 Å². The van der Waals surface area contributed by atoms with E-state index in [1.54, 1.807) is 0 Å². The first-order chi connectivity index (χ1) is 12.7. The van der Waals surface area contributed by atoms with Gasteiger partial charge in [0, 0.05) is 0 Å². The first-order valence-electron chi connectivity index (χ1n) is 12.7. The van der Waals surface area contributed by atoms with Crippen molar-refractivity contribution in [3.63, 3.8) is 0 Å². The molecule has 4 atom stereocenters. The van der Waals surface area contributed by atoms with Crippen LogP contribution in [0.15, 0.2) is 0 Å². The van der Waals surface area contributed by atoms with Crippen LogP contribution >= 0.6 is 0 Å². The molecule has 0 rings (SSSR count). The second-order valence-corrected chi connectivity index (χ2v) is 12.3. The molecule has 170 valence electrons. The van der Waals surface area contributed by atoms with Gasteiger partial charge in [0.25, 0.3) is 0 Å². The lowest BCUT2D eigenvalue weighted by Crippen LogP contribution is -2.38. The Morgan fingerprint density at radius 2 is 1.14 bits per heavy atom. The van der Waals surface area contributed by atoms with Crippen LogP contribution in [-0.4, -0.2) is 0 Å². The molecule has 0 heteroatoms. The second-order valence-electron chi connectivity index (χ2n) is 12.3. The molecular formula is C28H58. The van der Waals surface area contributed by atoms with Crippen molar-refractivity contribution in [2.24, 2.45) is 45.8 Å². The Hall–Kier alpha value is 0. The van der Waals surface area contributed by atoms with E-state index in [1.807, 2.05) is 0 Å². The van der Waals surface area contributed by atoms with E-state index in [-0.39, 0.29) is 0 Å². The smallest absolute Gasteiger partial charge is 0.0298 e. The van der Waals surface area contributed by atoms with E-state index in [1.165, 1.54) is 44.9 Å². The fourth-order valence-electron chi connectivity index (χ4n) is 5.85. The van der Waals surface area contributed by atoms with Gasteiger partial charge in [-0.05, 0) is 65.1 Å². The highest BCUT2D eigenvalue weighted by Crippen LogP contribution is 2.49. The van der Waals surface area contributed by atoms with Crippen molar-refractivity contribution in [3.05, 3.63) is 0 Å². The molecular weight excluding hydrogens is 336 g/mol. The second kappa shape index (κ2) is 11.4. The molecule has 0 aliphatic carbocycles. The molecule has 0 radical (unpaired) electrons. The third kappa shape index (κ3) is 7.36. The van der Waals surface area contributed by atoms with Gasteiger partial charge >= 0.3 is 0 Å². The van der Waals surface area contributed by atoms with Gasteiger partial charge in [-0.2, -0.15) is 0 Å². The molecule has 0 saturated carbocycles. The van der Waals surface area contributed by atoms with E-state index in [4.69, 9.17) is 0 Å². The minimum Gasteiger partial charge on any atom is -0.0651 e. The SMILES string of the molecule is CCC(CC(CCC(C)(CC)C(C)C)C(C)(C)C)C(C(C)C)C(C)(CC)CC. The number of rotatable bonds is 13. The zero-order valence-corrected chi connectivity index (χ0v) is 22.3. The highest BCUT2D eigenvalue weighted by Gasteiger charge is 2.40. The maximum Gasteiger partial charge on any atom is -0.0298 e. The van der Waals surface area contributed by atoms with Crippen molar-refractivity contribution in [1.29, 1.82) is 0 Å². The van der Waals surface area contributed by atoms with Crippen molar-refractivity contribution < 1.29 is 0 Å². The van der Waals surface area contributed by atoms with Crippen LogP contribution in [0.1, 0.15) is 135 Å². The van der Waals surface area contributed by atoms with Crippen LogP contribution in [0.5, 0.6) is 0 Å². The van der Waals surface area contributed by atoms with Gasteiger partial charge in [0.2, 0.25) is 0 Å². The monoisotopic (exact) mass is 394 g/mol. The van der Waals surface area contributed by atoms with Gasteiger partial charge in [-0.3, -0.25) is 0 Å². The molecule has 0 fully saturated rings. The Kier molecular flexibility index (Phi) is 11.4. The summed E-state index contributed by atoms with van der Waals surface area (Å²) in [7, 11) is 0. The molecule has 0 spiro atoms. The molecule has 0 heterocycles. The predicted octanol–water partition coefficient (Wildman–Crippen LogP) is 10.0. The molecule has 0 aromatic rings. The molecule has 4 unspecified atom stereocenters. The topological polar surface area (TPSA) is 0 Å². The Morgan fingerprint density at radius 1 is 0.679 bits per heavy atom. The summed E-state index contributed by atoms with van der Waals surface area (Å²) in [6, 6.07) is 0. The zero-order chi connectivity index (χ0) is 22.3. The van der Waals surface area contributed by atoms with Gasteiger partial charge in [0.15, 0.2) is 0 Å². The van der Waals surface area contributed by atoms with Gasteiger partial charge in [-0.25, -0.2) is 0 Å². The molecule has 0 bridgehead atoms. The molecule has 0 amide bonds. The Morgan fingerprint density at radius 3 is 1.43 bits per heavy atom. The standard InChI is InChI=1S/C28H58/c1-14-23(25(21(5)6)27(12,15-2)16-3)20-24(26(9,10)11)18-19-28(13,17-4)22(7)8/h21-25H,14-20H2,1-13H3. The summed E-state index contributed by atoms with van der Waals surface area (Å²) in [5, 5.41) is 0. The van der Waals surface area contributed by atoms with Crippen LogP contribution in [-0.2, 0) is 0 Å². The first-order valence-corrected chi connectivity index (χ1v) is 12.7. The first kappa shape index (κ1) is 28.0. The molecule has 0 nitrogen and oxygen atoms in total. The highest BCUT2D eigenvalue weighted by atomic mass is 14.5. The van der Waals surface area contributed by atoms with Crippen LogP contribution in [0.2, 0.25) is 0 Å². The van der Waals surface area contributed by atoms with Gasteiger partial charge in [-0.15, -0.1) is 0 Å². The van der Waals surface area contributed by atoms with E-state index in [2.05, 4.69) is 90.0 Å². The maximum atomic E-state index is 2.57. The summed E-state index contributed by atoms with van der Waals surface area (Å²) >= 11 is 0. The van der Waals surface area contributed by atoms with Crippen LogP contribution in [0.25, 0.3) is 0 Å². The van der Waals surface area contributed by atoms with E-state index in [0.717, 1.165) is 29.6 Å². The quantitative estimate of drug-likeness (QED) is 0.291. The maximum absolute atomic E-state index is 2.57. The summed E-state index contributed by atoms with van der Waals surface area (Å²) in [6.45, 7) is 32.1. The summed E-state index contributed by atoms with van der Waals surface area (Å²) in [6.07, 6.45) is 9.44. The van der Waals surface area contributed by atoms with E-state index in [9.17, 15) is 0 Å². The van der Waals surface area contributed by atoms with Gasteiger partial charge < -0.3 is 0 Å². The molecule has 0 aromatic carbocycles. The molecule has 0 N–H and O–H groups in total. The van der Waals surface area contributed by atoms with E-state index >= 15 is 0 Å². The van der Waals surface area contributed by atoms with Crippen LogP contribution in [0, 0.1) is 45.8 Å². The summed E-state index contributed by atoms with van der Waals surface area (Å²) in [4.78, 5) is 0. The van der Waals surface area contributed by atoms with Crippen LogP contribution in [0.3, 0.4) is 0 Å². The van der Waals surface area contributed by atoms with E-state index in [0.29, 0.717) is 16.2 Å². The van der Waals surface area contributed by atoms with Crippen molar-refractivity contribution in [3.8, 4) is 0 Å². The van der Waals surface area contributed by atoms with Crippen LogP contribution in [0.4, 0.5) is 0 Å². The summed E-state index contributed by atoms with van der Waals surface area (Å²) < 4.78 is 0. The largest absolute Gasteiger partial charge is 0.0651 e. The fourth-order valence-corrected chi connectivity index (χ4v) is 5.85. The van der Waals surface area contributed by atoms with Crippen molar-refractivity contribution in [2.45, 2.75) is 135 Å². The lowest BCUT2D eigenvalue weighted by Gasteiger charge is -2.46. The van der Waals surface area contributed by atoms with E-state index < -0.39 is 0 Å². The average molecular weight is 395 g/mol. The van der Waals surface area contributed by atoms with Gasteiger partial charge in [-0.1, -0.05) is 116 Å². The Labute approximate surface area is 181 Å². The van der Waals surface area contributed by atoms with Gasteiger partial charge in [0.1, 0.15) is 0 Å².